The molecule has 0 bridgehead atoms. The van der Waals surface area contributed by atoms with Gasteiger partial charge in [-0.05, 0) is 24.6 Å². The van der Waals surface area contributed by atoms with E-state index in [1.807, 2.05) is 20.8 Å². The second kappa shape index (κ2) is 6.03. The third-order valence-corrected chi connectivity index (χ3v) is 2.77. The molecule has 0 saturated heterocycles. The Labute approximate surface area is 107 Å². The molecule has 1 N–H and O–H groups in total. The summed E-state index contributed by atoms with van der Waals surface area (Å²) in [7, 11) is 1.56. The van der Waals surface area contributed by atoms with Crippen LogP contribution in [-0.2, 0) is 0 Å². The molecule has 17 heavy (non-hydrogen) atoms. The summed E-state index contributed by atoms with van der Waals surface area (Å²) in [5, 5.41) is 3.56. The number of nitrogens with one attached hydrogen (secondary N) is 1. The van der Waals surface area contributed by atoms with E-state index >= 15 is 0 Å². The molecule has 0 saturated carbocycles. The number of ketones is 1. The number of benzene rings is 1. The molecular formula is C13H18ClNO2. The van der Waals surface area contributed by atoms with Crippen LogP contribution in [0.3, 0.4) is 0 Å². The lowest BCUT2D eigenvalue weighted by atomic mass is 10.0. The summed E-state index contributed by atoms with van der Waals surface area (Å²) < 4.78 is 5.10. The van der Waals surface area contributed by atoms with E-state index in [-0.39, 0.29) is 11.8 Å². The van der Waals surface area contributed by atoms with E-state index in [0.29, 0.717) is 22.9 Å². The molecule has 0 heterocycles. The van der Waals surface area contributed by atoms with Crippen molar-refractivity contribution in [2.24, 2.45) is 0 Å². The molecule has 1 aromatic carbocycles. The van der Waals surface area contributed by atoms with Crippen LogP contribution >= 0.6 is 11.6 Å². The van der Waals surface area contributed by atoms with Crippen molar-refractivity contribution in [3.05, 3.63) is 28.3 Å². The molecular weight excluding hydrogens is 238 g/mol. The van der Waals surface area contributed by atoms with Crippen LogP contribution in [0.15, 0.2) is 12.1 Å². The molecule has 0 amide bonds. The summed E-state index contributed by atoms with van der Waals surface area (Å²) in [5.74, 6) is 0.637. The lowest BCUT2D eigenvalue weighted by Gasteiger charge is -2.11. The van der Waals surface area contributed by atoms with Crippen molar-refractivity contribution in [3.8, 4) is 5.75 Å². The van der Waals surface area contributed by atoms with E-state index in [4.69, 9.17) is 16.3 Å². The number of ether oxygens (including phenoxy) is 1. The summed E-state index contributed by atoms with van der Waals surface area (Å²) in [5.41, 5.74) is 1.52. The van der Waals surface area contributed by atoms with E-state index in [0.717, 1.165) is 5.56 Å². The quantitative estimate of drug-likeness (QED) is 0.823. The Balaban J connectivity index is 2.91. The minimum absolute atomic E-state index is 0.0424. The zero-order valence-electron chi connectivity index (χ0n) is 10.6. The standard InChI is InChI=1S/C13H18ClNO2/c1-8(2)15-7-12(16)10-6-11(14)13(17-4)5-9(10)3/h5-6,8,15H,7H2,1-4H3. The van der Waals surface area contributed by atoms with Crippen molar-refractivity contribution in [1.29, 1.82) is 0 Å². The van der Waals surface area contributed by atoms with Gasteiger partial charge in [0.15, 0.2) is 5.78 Å². The van der Waals surface area contributed by atoms with Crippen molar-refractivity contribution < 1.29 is 9.53 Å². The van der Waals surface area contributed by atoms with Crippen LogP contribution in [0, 0.1) is 6.92 Å². The number of hydrogen-bond donors (Lipinski definition) is 1. The first-order valence-corrected chi connectivity index (χ1v) is 5.94. The highest BCUT2D eigenvalue weighted by atomic mass is 35.5. The molecule has 3 nitrogen and oxygen atoms in total. The number of hydrogen-bond acceptors (Lipinski definition) is 3. The fraction of sp³-hybridized carbons (Fsp3) is 0.462. The van der Waals surface area contributed by atoms with Crippen molar-refractivity contribution in [1.82, 2.24) is 5.32 Å². The monoisotopic (exact) mass is 255 g/mol. The van der Waals surface area contributed by atoms with Gasteiger partial charge in [0.05, 0.1) is 18.7 Å². The highest BCUT2D eigenvalue weighted by Gasteiger charge is 2.13. The van der Waals surface area contributed by atoms with Crippen LogP contribution in [0.1, 0.15) is 29.8 Å². The molecule has 0 aliphatic rings. The second-order valence-corrected chi connectivity index (χ2v) is 4.67. The van der Waals surface area contributed by atoms with E-state index in [2.05, 4.69) is 5.32 Å². The molecule has 0 atom stereocenters. The Bertz CT molecular complexity index is 416. The number of rotatable bonds is 5. The Hall–Kier alpha value is -1.06. The predicted molar refractivity (Wildman–Crippen MR) is 70.2 cm³/mol. The molecule has 0 radical (unpaired) electrons. The summed E-state index contributed by atoms with van der Waals surface area (Å²) in [6.07, 6.45) is 0. The summed E-state index contributed by atoms with van der Waals surface area (Å²) in [6.45, 7) is 6.20. The van der Waals surface area contributed by atoms with Crippen LogP contribution in [-0.4, -0.2) is 25.5 Å². The normalized spacial score (nSPS) is 10.7. The van der Waals surface area contributed by atoms with Crippen LogP contribution in [0.5, 0.6) is 5.75 Å². The average Bonchev–Trinajstić information content (AvgIpc) is 2.28. The molecule has 0 fully saturated rings. The van der Waals surface area contributed by atoms with Crippen molar-refractivity contribution in [2.45, 2.75) is 26.8 Å². The topological polar surface area (TPSA) is 38.3 Å². The van der Waals surface area contributed by atoms with Crippen molar-refractivity contribution >= 4 is 17.4 Å². The van der Waals surface area contributed by atoms with Gasteiger partial charge in [0.25, 0.3) is 0 Å². The highest BCUT2D eigenvalue weighted by molar-refractivity contribution is 6.32. The fourth-order valence-corrected chi connectivity index (χ4v) is 1.74. The van der Waals surface area contributed by atoms with E-state index in [9.17, 15) is 4.79 Å². The maximum atomic E-state index is 12.0. The first-order chi connectivity index (χ1) is 7.95. The minimum atomic E-state index is 0.0424. The smallest absolute Gasteiger partial charge is 0.176 e. The Morgan fingerprint density at radius 2 is 2.12 bits per heavy atom. The zero-order chi connectivity index (χ0) is 13.0. The first-order valence-electron chi connectivity index (χ1n) is 5.56. The zero-order valence-corrected chi connectivity index (χ0v) is 11.4. The van der Waals surface area contributed by atoms with Crippen molar-refractivity contribution in [2.75, 3.05) is 13.7 Å². The van der Waals surface area contributed by atoms with Crippen molar-refractivity contribution in [3.63, 3.8) is 0 Å². The molecule has 4 heteroatoms. The van der Waals surface area contributed by atoms with Gasteiger partial charge in [-0.25, -0.2) is 0 Å². The molecule has 1 aromatic rings. The summed E-state index contributed by atoms with van der Waals surface area (Å²) in [4.78, 5) is 12.0. The average molecular weight is 256 g/mol. The van der Waals surface area contributed by atoms with Gasteiger partial charge in [-0.3, -0.25) is 4.79 Å². The Kier molecular flexibility index (Phi) is 4.97. The lowest BCUT2D eigenvalue weighted by Crippen LogP contribution is -2.29. The number of aryl methyl sites for hydroxylation is 1. The van der Waals surface area contributed by atoms with Crippen LogP contribution in [0.4, 0.5) is 0 Å². The minimum Gasteiger partial charge on any atom is -0.495 e. The summed E-state index contributed by atoms with van der Waals surface area (Å²) in [6, 6.07) is 3.73. The number of methoxy groups -OCH3 is 1. The lowest BCUT2D eigenvalue weighted by molar-refractivity contribution is 0.0988. The number of carbonyl (C=O) groups is 1. The molecule has 0 aliphatic carbocycles. The molecule has 1 rings (SSSR count). The fourth-order valence-electron chi connectivity index (χ4n) is 1.50. The van der Waals surface area contributed by atoms with Gasteiger partial charge in [-0.2, -0.15) is 0 Å². The molecule has 0 aliphatic heterocycles. The molecule has 0 spiro atoms. The van der Waals surface area contributed by atoms with E-state index in [1.54, 1.807) is 19.2 Å². The van der Waals surface area contributed by atoms with Gasteiger partial charge in [0, 0.05) is 11.6 Å². The van der Waals surface area contributed by atoms with E-state index < -0.39 is 0 Å². The second-order valence-electron chi connectivity index (χ2n) is 4.26. The SMILES string of the molecule is COc1cc(C)c(C(=O)CNC(C)C)cc1Cl. The maximum absolute atomic E-state index is 12.0. The van der Waals surface area contributed by atoms with Gasteiger partial charge in [0.1, 0.15) is 5.75 Å². The summed E-state index contributed by atoms with van der Waals surface area (Å²) >= 11 is 6.01. The number of halogens is 1. The third-order valence-electron chi connectivity index (χ3n) is 2.47. The van der Waals surface area contributed by atoms with Gasteiger partial charge >= 0.3 is 0 Å². The van der Waals surface area contributed by atoms with Crippen LogP contribution < -0.4 is 10.1 Å². The van der Waals surface area contributed by atoms with Crippen LogP contribution in [0.2, 0.25) is 5.02 Å². The molecule has 0 unspecified atom stereocenters. The van der Waals surface area contributed by atoms with Gasteiger partial charge < -0.3 is 10.1 Å². The highest BCUT2D eigenvalue weighted by Crippen LogP contribution is 2.27. The first kappa shape index (κ1) is 14.0. The van der Waals surface area contributed by atoms with Gasteiger partial charge in [-0.15, -0.1) is 0 Å². The number of Topliss-reactive ketones (excluding diaryl/α,β-unsaturated/α-hetero) is 1. The Morgan fingerprint density at radius 1 is 1.47 bits per heavy atom. The van der Waals surface area contributed by atoms with Gasteiger partial charge in [-0.1, -0.05) is 25.4 Å². The maximum Gasteiger partial charge on any atom is 0.176 e. The van der Waals surface area contributed by atoms with Gasteiger partial charge in [0.2, 0.25) is 0 Å². The Morgan fingerprint density at radius 3 is 2.65 bits per heavy atom. The molecule has 94 valence electrons. The predicted octanol–water partition coefficient (Wildman–Crippen LogP) is 2.84. The largest absolute Gasteiger partial charge is 0.495 e. The number of carbonyl (C=O) groups excluding carboxylic acids is 1. The molecule has 0 aromatic heterocycles. The third kappa shape index (κ3) is 3.72. The van der Waals surface area contributed by atoms with Crippen LogP contribution in [0.25, 0.3) is 0 Å². The van der Waals surface area contributed by atoms with E-state index in [1.165, 1.54) is 0 Å².